The lowest BCUT2D eigenvalue weighted by Crippen LogP contribution is -2.28. The molecule has 0 radical (unpaired) electrons. The lowest BCUT2D eigenvalue weighted by molar-refractivity contribution is -0.123. The van der Waals surface area contributed by atoms with Crippen molar-refractivity contribution in [3.63, 3.8) is 0 Å². The third kappa shape index (κ3) is 2.41. The van der Waals surface area contributed by atoms with Gasteiger partial charge in [0.05, 0.1) is 21.0 Å². The Morgan fingerprint density at radius 1 is 1.28 bits per heavy atom. The second-order valence-electron chi connectivity index (χ2n) is 4.03. The molecule has 4 nitrogen and oxygen atoms in total. The maximum absolute atomic E-state index is 11.8. The van der Waals surface area contributed by atoms with E-state index >= 15 is 0 Å². The maximum atomic E-state index is 11.8. The molecule has 1 aromatic rings. The fourth-order valence-electron chi connectivity index (χ4n) is 1.85. The number of primary amides is 1. The van der Waals surface area contributed by atoms with Crippen molar-refractivity contribution < 1.29 is 9.59 Å². The van der Waals surface area contributed by atoms with Crippen LogP contribution in [0.2, 0.25) is 15.1 Å². The summed E-state index contributed by atoms with van der Waals surface area (Å²) in [5, 5.41) is 0.754. The highest BCUT2D eigenvalue weighted by molar-refractivity contribution is 6.48. The fraction of sp³-hybridized carbons (Fsp3) is 0.273. The number of halogens is 3. The molecule has 0 bridgehead atoms. The zero-order valence-electron chi connectivity index (χ0n) is 9.12. The first-order valence-electron chi connectivity index (χ1n) is 5.14. The number of hydrogen-bond acceptors (Lipinski definition) is 2. The molecule has 0 saturated carbocycles. The van der Waals surface area contributed by atoms with Gasteiger partial charge in [0.1, 0.15) is 0 Å². The van der Waals surface area contributed by atoms with Crippen molar-refractivity contribution in [2.75, 3.05) is 11.4 Å². The average Bonchev–Trinajstić information content (AvgIpc) is 2.68. The van der Waals surface area contributed by atoms with Gasteiger partial charge < -0.3 is 10.6 Å². The van der Waals surface area contributed by atoms with Crippen molar-refractivity contribution in [1.29, 1.82) is 0 Å². The van der Waals surface area contributed by atoms with E-state index in [1.54, 1.807) is 0 Å². The lowest BCUT2D eigenvalue weighted by atomic mass is 10.1. The minimum absolute atomic E-state index is 0.104. The molecule has 1 fully saturated rings. The van der Waals surface area contributed by atoms with E-state index in [0.717, 1.165) is 0 Å². The Bertz CT molecular complexity index is 510. The Morgan fingerprint density at radius 3 is 2.28 bits per heavy atom. The topological polar surface area (TPSA) is 63.4 Å². The number of nitrogens with two attached hydrogens (primary N) is 1. The highest BCUT2D eigenvalue weighted by atomic mass is 35.5. The van der Waals surface area contributed by atoms with Crippen LogP contribution in [0.5, 0.6) is 0 Å². The standard InChI is InChI=1S/C11H9Cl3N2O2/c12-7-2-6(3-8(13)10(7)14)16-4-5(11(15)18)1-9(16)17/h2-3,5H,1,4H2,(H2,15,18). The monoisotopic (exact) mass is 306 g/mol. The summed E-state index contributed by atoms with van der Waals surface area (Å²) in [6, 6.07) is 3.08. The van der Waals surface area contributed by atoms with Gasteiger partial charge in [-0.15, -0.1) is 0 Å². The van der Waals surface area contributed by atoms with E-state index in [-0.39, 0.29) is 33.9 Å². The summed E-state index contributed by atoms with van der Waals surface area (Å²) >= 11 is 17.6. The van der Waals surface area contributed by atoms with E-state index in [2.05, 4.69) is 0 Å². The van der Waals surface area contributed by atoms with E-state index in [9.17, 15) is 9.59 Å². The minimum Gasteiger partial charge on any atom is -0.369 e. The third-order valence-corrected chi connectivity index (χ3v) is 4.00. The molecule has 0 spiro atoms. The molecule has 1 aromatic carbocycles. The Morgan fingerprint density at radius 2 is 1.83 bits per heavy atom. The van der Waals surface area contributed by atoms with Gasteiger partial charge in [0.2, 0.25) is 11.8 Å². The molecule has 1 aliphatic heterocycles. The predicted octanol–water partition coefficient (Wildman–Crippen LogP) is 2.49. The van der Waals surface area contributed by atoms with Crippen molar-refractivity contribution in [3.8, 4) is 0 Å². The summed E-state index contributed by atoms with van der Waals surface area (Å²) in [5.74, 6) is -1.16. The summed E-state index contributed by atoms with van der Waals surface area (Å²) in [4.78, 5) is 24.3. The number of anilines is 1. The molecule has 0 aliphatic carbocycles. The second kappa shape index (κ2) is 4.96. The number of amides is 2. The van der Waals surface area contributed by atoms with Crippen LogP contribution in [-0.4, -0.2) is 18.4 Å². The molecule has 2 rings (SSSR count). The van der Waals surface area contributed by atoms with E-state index in [1.165, 1.54) is 17.0 Å². The Kier molecular flexibility index (Phi) is 3.71. The van der Waals surface area contributed by atoms with Gasteiger partial charge in [0, 0.05) is 18.7 Å². The second-order valence-corrected chi connectivity index (χ2v) is 5.22. The first kappa shape index (κ1) is 13.5. The molecule has 2 amide bonds. The van der Waals surface area contributed by atoms with Crippen molar-refractivity contribution in [3.05, 3.63) is 27.2 Å². The van der Waals surface area contributed by atoms with Crippen LogP contribution in [0.3, 0.4) is 0 Å². The van der Waals surface area contributed by atoms with Gasteiger partial charge in [-0.2, -0.15) is 0 Å². The van der Waals surface area contributed by atoms with Crippen LogP contribution in [0, 0.1) is 5.92 Å². The SMILES string of the molecule is NC(=O)C1CC(=O)N(c2cc(Cl)c(Cl)c(Cl)c2)C1. The van der Waals surface area contributed by atoms with Gasteiger partial charge in [-0.05, 0) is 12.1 Å². The maximum Gasteiger partial charge on any atom is 0.227 e. The molecule has 1 aliphatic rings. The first-order valence-corrected chi connectivity index (χ1v) is 6.27. The highest BCUT2D eigenvalue weighted by Gasteiger charge is 2.34. The normalized spacial score (nSPS) is 19.4. The largest absolute Gasteiger partial charge is 0.369 e. The number of rotatable bonds is 2. The smallest absolute Gasteiger partial charge is 0.227 e. The Hall–Kier alpha value is -0.970. The molecular formula is C11H9Cl3N2O2. The lowest BCUT2D eigenvalue weighted by Gasteiger charge is -2.17. The molecule has 7 heteroatoms. The zero-order valence-corrected chi connectivity index (χ0v) is 11.4. The van der Waals surface area contributed by atoms with Crippen molar-refractivity contribution in [2.45, 2.75) is 6.42 Å². The molecule has 1 saturated heterocycles. The van der Waals surface area contributed by atoms with Gasteiger partial charge in [0.25, 0.3) is 0 Å². The molecule has 96 valence electrons. The zero-order chi connectivity index (χ0) is 13.4. The van der Waals surface area contributed by atoms with Crippen LogP contribution in [0.1, 0.15) is 6.42 Å². The summed E-state index contributed by atoms with van der Waals surface area (Å²) in [6.45, 7) is 0.239. The minimum atomic E-state index is -0.489. The molecule has 18 heavy (non-hydrogen) atoms. The van der Waals surface area contributed by atoms with Gasteiger partial charge in [-0.3, -0.25) is 9.59 Å². The molecule has 2 N–H and O–H groups in total. The van der Waals surface area contributed by atoms with E-state index in [4.69, 9.17) is 40.5 Å². The van der Waals surface area contributed by atoms with E-state index in [1.807, 2.05) is 0 Å². The Balaban J connectivity index is 2.33. The Labute approximate surface area is 119 Å². The first-order chi connectivity index (χ1) is 8.40. The van der Waals surface area contributed by atoms with E-state index in [0.29, 0.717) is 5.69 Å². The van der Waals surface area contributed by atoms with Crippen LogP contribution < -0.4 is 10.6 Å². The number of carbonyl (C=O) groups is 2. The quantitative estimate of drug-likeness (QED) is 0.853. The van der Waals surface area contributed by atoms with Gasteiger partial charge >= 0.3 is 0 Å². The fourth-order valence-corrected chi connectivity index (χ4v) is 2.43. The van der Waals surface area contributed by atoms with Crippen LogP contribution >= 0.6 is 34.8 Å². The van der Waals surface area contributed by atoms with Crippen LogP contribution in [-0.2, 0) is 9.59 Å². The number of benzene rings is 1. The molecule has 0 aromatic heterocycles. The molecule has 1 heterocycles. The van der Waals surface area contributed by atoms with Gasteiger partial charge in [-0.1, -0.05) is 34.8 Å². The van der Waals surface area contributed by atoms with Crippen molar-refractivity contribution >= 4 is 52.3 Å². The summed E-state index contributed by atoms with van der Waals surface area (Å²) in [5.41, 5.74) is 5.71. The van der Waals surface area contributed by atoms with Gasteiger partial charge in [-0.25, -0.2) is 0 Å². The van der Waals surface area contributed by atoms with Crippen molar-refractivity contribution in [2.24, 2.45) is 11.7 Å². The van der Waals surface area contributed by atoms with Gasteiger partial charge in [0.15, 0.2) is 0 Å². The third-order valence-electron chi connectivity index (χ3n) is 2.81. The van der Waals surface area contributed by atoms with Crippen LogP contribution in [0.25, 0.3) is 0 Å². The number of hydrogen-bond donors (Lipinski definition) is 1. The van der Waals surface area contributed by atoms with Crippen LogP contribution in [0.4, 0.5) is 5.69 Å². The highest BCUT2D eigenvalue weighted by Crippen LogP contribution is 2.36. The molecular weight excluding hydrogens is 298 g/mol. The average molecular weight is 308 g/mol. The summed E-state index contributed by atoms with van der Waals surface area (Å²) in [6.07, 6.45) is 0.104. The van der Waals surface area contributed by atoms with E-state index < -0.39 is 11.8 Å². The summed E-state index contributed by atoms with van der Waals surface area (Å²) in [7, 11) is 0. The van der Waals surface area contributed by atoms with Crippen molar-refractivity contribution in [1.82, 2.24) is 0 Å². The van der Waals surface area contributed by atoms with Crippen LogP contribution in [0.15, 0.2) is 12.1 Å². The molecule has 1 unspecified atom stereocenters. The summed E-state index contributed by atoms with van der Waals surface area (Å²) < 4.78 is 0. The number of carbonyl (C=O) groups excluding carboxylic acids is 2. The molecule has 1 atom stereocenters. The number of nitrogens with zero attached hydrogens (tertiary/aromatic N) is 1. The predicted molar refractivity (Wildman–Crippen MR) is 71.1 cm³/mol.